The van der Waals surface area contributed by atoms with Crippen molar-refractivity contribution in [1.82, 2.24) is 5.32 Å². The van der Waals surface area contributed by atoms with Crippen molar-refractivity contribution in [2.45, 2.75) is 51.9 Å². The van der Waals surface area contributed by atoms with E-state index in [4.69, 9.17) is 10.2 Å². The predicted molar refractivity (Wildman–Crippen MR) is 85.5 cm³/mol. The van der Waals surface area contributed by atoms with Crippen LogP contribution in [0.25, 0.3) is 0 Å². The monoisotopic (exact) mass is 329 g/mol. The summed E-state index contributed by atoms with van der Waals surface area (Å²) in [5.74, 6) is -2.32. The second kappa shape index (κ2) is 11.1. The summed E-state index contributed by atoms with van der Waals surface area (Å²) in [5.41, 5.74) is 2.28. The van der Waals surface area contributed by atoms with Gasteiger partial charge in [0.15, 0.2) is 6.10 Å². The summed E-state index contributed by atoms with van der Waals surface area (Å²) in [6, 6.07) is 0. The van der Waals surface area contributed by atoms with Crippen LogP contribution < -0.4 is 5.32 Å². The molecule has 3 atom stereocenters. The van der Waals surface area contributed by atoms with Crippen LogP contribution >= 0.6 is 0 Å². The van der Waals surface area contributed by atoms with Crippen molar-refractivity contribution in [3.05, 3.63) is 23.3 Å². The first kappa shape index (κ1) is 21.5. The predicted octanol–water partition coefficient (Wildman–Crippen LogP) is -0.561. The van der Waals surface area contributed by atoms with Crippen molar-refractivity contribution in [3.8, 4) is 0 Å². The Morgan fingerprint density at radius 3 is 2.22 bits per heavy atom. The lowest BCUT2D eigenvalue weighted by molar-refractivity contribution is -0.150. The zero-order valence-corrected chi connectivity index (χ0v) is 13.8. The number of aliphatic hydroxyl groups is 4. The molecule has 5 N–H and O–H groups in total. The Hall–Kier alpha value is -1.54. The molecule has 0 fully saturated rings. The first-order valence-electron chi connectivity index (χ1n) is 7.46. The first-order chi connectivity index (χ1) is 10.7. The molecule has 1 amide bonds. The van der Waals surface area contributed by atoms with E-state index in [0.29, 0.717) is 0 Å². The minimum atomic E-state index is -2.08. The standard InChI is InChI=1S/C16H27NO6/c1-10(2)5-4-6-11(3)7-8-17-16(23)15(22)14(21)13(20)12(19)9-18/h5,7,12-14,18-21H,4,6,8-9H2,1-3H3,(H,17,23)/t12-,13+,14+/m0/s1. The average molecular weight is 329 g/mol. The normalized spacial score (nSPS) is 15.5. The van der Waals surface area contributed by atoms with Gasteiger partial charge >= 0.3 is 0 Å². The second-order valence-electron chi connectivity index (χ2n) is 5.63. The lowest BCUT2D eigenvalue weighted by Crippen LogP contribution is -2.49. The number of carbonyl (C=O) groups excluding carboxylic acids is 2. The van der Waals surface area contributed by atoms with E-state index in [1.165, 1.54) is 5.57 Å². The first-order valence-corrected chi connectivity index (χ1v) is 7.46. The SMILES string of the molecule is CC(C)=CCCC(C)=CCNC(=O)C(=O)[C@H](O)[C@H](O)[C@@H](O)CO. The molecule has 0 aliphatic rings. The summed E-state index contributed by atoms with van der Waals surface area (Å²) in [7, 11) is 0. The summed E-state index contributed by atoms with van der Waals surface area (Å²) in [6.07, 6.45) is -0.113. The van der Waals surface area contributed by atoms with Crippen LogP contribution in [0.15, 0.2) is 23.3 Å². The van der Waals surface area contributed by atoms with Gasteiger partial charge in [-0.05, 0) is 33.6 Å². The van der Waals surface area contributed by atoms with E-state index in [2.05, 4.69) is 11.4 Å². The zero-order chi connectivity index (χ0) is 18.0. The molecule has 132 valence electrons. The van der Waals surface area contributed by atoms with E-state index in [0.717, 1.165) is 18.4 Å². The van der Waals surface area contributed by atoms with Crippen LogP contribution in [0.1, 0.15) is 33.6 Å². The molecule has 0 aromatic rings. The molecule has 0 heterocycles. The fourth-order valence-electron chi connectivity index (χ4n) is 1.70. The molecular formula is C16H27NO6. The highest BCUT2D eigenvalue weighted by Gasteiger charge is 2.33. The molecule has 23 heavy (non-hydrogen) atoms. The molecule has 7 nitrogen and oxygen atoms in total. The third kappa shape index (κ3) is 8.61. The molecule has 0 aromatic heterocycles. The minimum absolute atomic E-state index is 0.122. The quantitative estimate of drug-likeness (QED) is 0.270. The largest absolute Gasteiger partial charge is 0.394 e. The summed E-state index contributed by atoms with van der Waals surface area (Å²) >= 11 is 0. The van der Waals surface area contributed by atoms with Gasteiger partial charge in [0, 0.05) is 6.54 Å². The maximum absolute atomic E-state index is 11.6. The van der Waals surface area contributed by atoms with E-state index < -0.39 is 36.6 Å². The highest BCUT2D eigenvalue weighted by molar-refractivity contribution is 6.38. The van der Waals surface area contributed by atoms with E-state index in [-0.39, 0.29) is 6.54 Å². The van der Waals surface area contributed by atoms with Crippen molar-refractivity contribution in [3.63, 3.8) is 0 Å². The van der Waals surface area contributed by atoms with Crippen LogP contribution in [0.4, 0.5) is 0 Å². The summed E-state index contributed by atoms with van der Waals surface area (Å²) in [6.45, 7) is 5.22. The third-order valence-electron chi connectivity index (χ3n) is 3.20. The molecule has 0 aromatic carbocycles. The minimum Gasteiger partial charge on any atom is -0.394 e. The number of aliphatic hydroxyl groups excluding tert-OH is 4. The molecule has 0 saturated carbocycles. The summed E-state index contributed by atoms with van der Waals surface area (Å²) in [5, 5.41) is 39.0. The number of amides is 1. The number of rotatable bonds is 10. The van der Waals surface area contributed by atoms with Crippen molar-refractivity contribution in [2.24, 2.45) is 0 Å². The number of nitrogens with one attached hydrogen (secondary N) is 1. The molecule has 0 radical (unpaired) electrons. The smallest absolute Gasteiger partial charge is 0.290 e. The zero-order valence-electron chi connectivity index (χ0n) is 13.8. The van der Waals surface area contributed by atoms with Crippen molar-refractivity contribution < 1.29 is 30.0 Å². The Morgan fingerprint density at radius 2 is 1.70 bits per heavy atom. The maximum Gasteiger partial charge on any atom is 0.290 e. The Morgan fingerprint density at radius 1 is 1.09 bits per heavy atom. The fourth-order valence-corrected chi connectivity index (χ4v) is 1.70. The molecule has 0 bridgehead atoms. The topological polar surface area (TPSA) is 127 Å². The maximum atomic E-state index is 11.6. The van der Waals surface area contributed by atoms with Gasteiger partial charge in [-0.2, -0.15) is 0 Å². The van der Waals surface area contributed by atoms with Gasteiger partial charge in [0.25, 0.3) is 11.7 Å². The fraction of sp³-hybridized carbons (Fsp3) is 0.625. The van der Waals surface area contributed by atoms with Gasteiger partial charge in [-0.1, -0.05) is 23.3 Å². The van der Waals surface area contributed by atoms with Crippen molar-refractivity contribution >= 4 is 11.7 Å². The van der Waals surface area contributed by atoms with Gasteiger partial charge in [-0.15, -0.1) is 0 Å². The van der Waals surface area contributed by atoms with Gasteiger partial charge < -0.3 is 25.7 Å². The number of hydrogen-bond acceptors (Lipinski definition) is 6. The van der Waals surface area contributed by atoms with Crippen LogP contribution in [0.5, 0.6) is 0 Å². The van der Waals surface area contributed by atoms with E-state index >= 15 is 0 Å². The number of carbonyl (C=O) groups is 2. The lowest BCUT2D eigenvalue weighted by atomic mass is 10.0. The Balaban J connectivity index is 4.33. The second-order valence-corrected chi connectivity index (χ2v) is 5.63. The van der Waals surface area contributed by atoms with Gasteiger partial charge in [0.2, 0.25) is 0 Å². The van der Waals surface area contributed by atoms with Gasteiger partial charge in [0.1, 0.15) is 12.2 Å². The Bertz CT molecular complexity index is 453. The number of allylic oxidation sites excluding steroid dienone is 3. The molecule has 0 rings (SSSR count). The molecule has 0 unspecified atom stereocenters. The molecule has 0 aliphatic carbocycles. The van der Waals surface area contributed by atoms with Crippen LogP contribution in [0.2, 0.25) is 0 Å². The molecule has 0 spiro atoms. The lowest BCUT2D eigenvalue weighted by Gasteiger charge is -2.19. The van der Waals surface area contributed by atoms with Crippen LogP contribution in [-0.4, -0.2) is 63.6 Å². The molecule has 0 saturated heterocycles. The van der Waals surface area contributed by atoms with Crippen LogP contribution in [-0.2, 0) is 9.59 Å². The Labute approximate surface area is 136 Å². The molecule has 7 heteroatoms. The highest BCUT2D eigenvalue weighted by Crippen LogP contribution is 2.06. The van der Waals surface area contributed by atoms with Gasteiger partial charge in [0.05, 0.1) is 6.61 Å². The summed E-state index contributed by atoms with van der Waals surface area (Å²) in [4.78, 5) is 23.2. The van der Waals surface area contributed by atoms with Crippen LogP contribution in [0, 0.1) is 0 Å². The van der Waals surface area contributed by atoms with Crippen molar-refractivity contribution in [1.29, 1.82) is 0 Å². The van der Waals surface area contributed by atoms with Crippen molar-refractivity contribution in [2.75, 3.05) is 13.2 Å². The van der Waals surface area contributed by atoms with E-state index in [9.17, 15) is 19.8 Å². The number of hydrogen-bond donors (Lipinski definition) is 5. The number of ketones is 1. The average Bonchev–Trinajstić information content (AvgIpc) is 2.51. The molecule has 0 aliphatic heterocycles. The van der Waals surface area contributed by atoms with Gasteiger partial charge in [-0.25, -0.2) is 0 Å². The number of Topliss-reactive ketones (excluding diaryl/α,β-unsaturated/α-hetero) is 1. The van der Waals surface area contributed by atoms with E-state index in [1.54, 1.807) is 6.08 Å². The third-order valence-corrected chi connectivity index (χ3v) is 3.20. The highest BCUT2D eigenvalue weighted by atomic mass is 16.4. The Kier molecular flexibility index (Phi) is 10.3. The van der Waals surface area contributed by atoms with E-state index in [1.807, 2.05) is 20.8 Å². The van der Waals surface area contributed by atoms with Gasteiger partial charge in [-0.3, -0.25) is 9.59 Å². The molecular weight excluding hydrogens is 302 g/mol. The van der Waals surface area contributed by atoms with Crippen LogP contribution in [0.3, 0.4) is 0 Å². The summed E-state index contributed by atoms with van der Waals surface area (Å²) < 4.78 is 0.